The maximum atomic E-state index is 12.4. The predicted molar refractivity (Wildman–Crippen MR) is 78.2 cm³/mol. The van der Waals surface area contributed by atoms with Gasteiger partial charge >= 0.3 is 0 Å². The van der Waals surface area contributed by atoms with Gasteiger partial charge in [0.25, 0.3) is 5.91 Å². The first-order chi connectivity index (χ1) is 9.60. The summed E-state index contributed by atoms with van der Waals surface area (Å²) in [5.74, 6) is 2.26. The number of nitrogens with zero attached hydrogens (tertiary/aromatic N) is 2. The molecule has 2 aliphatic carbocycles. The molecule has 0 radical (unpaired) electrons. The van der Waals surface area contributed by atoms with Crippen molar-refractivity contribution in [1.82, 2.24) is 15.1 Å². The van der Waals surface area contributed by atoms with Gasteiger partial charge in [-0.1, -0.05) is 6.42 Å². The summed E-state index contributed by atoms with van der Waals surface area (Å²) >= 11 is 0. The average Bonchev–Trinajstić information content (AvgIpc) is 3.12. The summed E-state index contributed by atoms with van der Waals surface area (Å²) < 4.78 is 1.66. The summed E-state index contributed by atoms with van der Waals surface area (Å²) in [4.78, 5) is 12.4. The van der Waals surface area contributed by atoms with Gasteiger partial charge < -0.3 is 11.1 Å². The number of nitrogen functional groups attached to an aromatic ring is 1. The van der Waals surface area contributed by atoms with Crippen LogP contribution >= 0.6 is 0 Å². The Morgan fingerprint density at radius 1 is 1.55 bits per heavy atom. The van der Waals surface area contributed by atoms with Crippen molar-refractivity contribution in [3.05, 3.63) is 11.9 Å². The zero-order valence-corrected chi connectivity index (χ0v) is 12.3. The molecule has 0 saturated heterocycles. The molecule has 0 spiro atoms. The van der Waals surface area contributed by atoms with Crippen molar-refractivity contribution in [3.63, 3.8) is 0 Å². The molecule has 5 heteroatoms. The molecule has 2 bridgehead atoms. The maximum Gasteiger partial charge on any atom is 0.271 e. The summed E-state index contributed by atoms with van der Waals surface area (Å²) in [7, 11) is 0. The molecule has 5 nitrogen and oxygen atoms in total. The van der Waals surface area contributed by atoms with Gasteiger partial charge in [0.15, 0.2) is 0 Å². The van der Waals surface area contributed by atoms with Crippen LogP contribution in [0.25, 0.3) is 0 Å². The third kappa shape index (κ3) is 2.19. The highest BCUT2D eigenvalue weighted by atomic mass is 16.2. The number of rotatable bonds is 4. The van der Waals surface area contributed by atoms with E-state index in [1.54, 1.807) is 10.9 Å². The highest BCUT2D eigenvalue weighted by Gasteiger charge is 2.42. The fourth-order valence-electron chi connectivity index (χ4n) is 4.18. The zero-order chi connectivity index (χ0) is 14.3. The van der Waals surface area contributed by atoms with Crippen LogP contribution in [0.4, 0.5) is 5.69 Å². The van der Waals surface area contributed by atoms with E-state index in [1.807, 2.05) is 6.92 Å². The largest absolute Gasteiger partial charge is 0.396 e. The van der Waals surface area contributed by atoms with Crippen molar-refractivity contribution in [3.8, 4) is 0 Å². The van der Waals surface area contributed by atoms with E-state index in [2.05, 4.69) is 17.3 Å². The molecule has 3 rings (SSSR count). The summed E-state index contributed by atoms with van der Waals surface area (Å²) in [6.45, 7) is 4.75. The highest BCUT2D eigenvalue weighted by Crippen LogP contribution is 2.49. The van der Waals surface area contributed by atoms with Crippen LogP contribution in [0.15, 0.2) is 6.20 Å². The van der Waals surface area contributed by atoms with E-state index < -0.39 is 0 Å². The Labute approximate surface area is 119 Å². The molecule has 1 aromatic heterocycles. The Morgan fingerprint density at radius 3 is 2.95 bits per heavy atom. The number of amides is 1. The number of fused-ring (bicyclic) bond motifs is 2. The third-order valence-corrected chi connectivity index (χ3v) is 5.18. The molecule has 1 heterocycles. The number of anilines is 1. The van der Waals surface area contributed by atoms with Gasteiger partial charge in [-0.05, 0) is 50.9 Å². The molecule has 4 unspecified atom stereocenters. The predicted octanol–water partition coefficient (Wildman–Crippen LogP) is 2.04. The Bertz CT molecular complexity index is 510. The average molecular weight is 276 g/mol. The van der Waals surface area contributed by atoms with Crippen LogP contribution in [0.2, 0.25) is 0 Å². The maximum absolute atomic E-state index is 12.4. The minimum Gasteiger partial charge on any atom is -0.396 e. The number of hydrogen-bond donors (Lipinski definition) is 2. The molecular weight excluding hydrogens is 252 g/mol. The first-order valence-corrected chi connectivity index (χ1v) is 7.72. The lowest BCUT2D eigenvalue weighted by Crippen LogP contribution is -2.41. The first-order valence-electron chi connectivity index (χ1n) is 7.72. The lowest BCUT2D eigenvalue weighted by Gasteiger charge is -2.28. The summed E-state index contributed by atoms with van der Waals surface area (Å²) in [6.07, 6.45) is 6.91. The summed E-state index contributed by atoms with van der Waals surface area (Å²) in [6, 6.07) is 0.220. The fraction of sp³-hybridized carbons (Fsp3) is 0.733. The molecule has 2 aliphatic rings. The van der Waals surface area contributed by atoms with Crippen LogP contribution in [-0.2, 0) is 6.54 Å². The topological polar surface area (TPSA) is 72.9 Å². The van der Waals surface area contributed by atoms with Gasteiger partial charge in [0.05, 0.1) is 11.9 Å². The second-order valence-electron chi connectivity index (χ2n) is 6.37. The summed E-state index contributed by atoms with van der Waals surface area (Å²) in [5.41, 5.74) is 6.83. The van der Waals surface area contributed by atoms with Gasteiger partial charge in [-0.3, -0.25) is 9.48 Å². The molecule has 110 valence electrons. The minimum atomic E-state index is -0.0860. The van der Waals surface area contributed by atoms with Crippen LogP contribution < -0.4 is 11.1 Å². The molecular formula is C15H24N4O. The molecule has 2 fully saturated rings. The van der Waals surface area contributed by atoms with Gasteiger partial charge in [0.2, 0.25) is 0 Å². The van der Waals surface area contributed by atoms with Crippen molar-refractivity contribution in [2.75, 3.05) is 5.73 Å². The summed E-state index contributed by atoms with van der Waals surface area (Å²) in [5, 5.41) is 7.27. The van der Waals surface area contributed by atoms with E-state index in [4.69, 9.17) is 5.73 Å². The van der Waals surface area contributed by atoms with Gasteiger partial charge in [-0.25, -0.2) is 0 Å². The SMILES string of the molecule is CCn1ncc(N)c1C(=O)NC(C)C1CC2CCC1C2. The quantitative estimate of drug-likeness (QED) is 0.884. The molecule has 1 aromatic rings. The molecule has 3 N–H and O–H groups in total. The molecule has 0 aliphatic heterocycles. The number of aromatic nitrogens is 2. The highest BCUT2D eigenvalue weighted by molar-refractivity contribution is 5.97. The van der Waals surface area contributed by atoms with Gasteiger partial charge in [-0.15, -0.1) is 0 Å². The van der Waals surface area contributed by atoms with E-state index in [1.165, 1.54) is 25.7 Å². The second kappa shape index (κ2) is 5.11. The van der Waals surface area contributed by atoms with Crippen LogP contribution in [0.5, 0.6) is 0 Å². The Balaban J connectivity index is 1.68. The van der Waals surface area contributed by atoms with Crippen molar-refractivity contribution in [2.45, 2.75) is 52.1 Å². The van der Waals surface area contributed by atoms with E-state index in [0.29, 0.717) is 23.8 Å². The van der Waals surface area contributed by atoms with Gasteiger partial charge in [0, 0.05) is 12.6 Å². The number of aryl methyl sites for hydroxylation is 1. The molecule has 20 heavy (non-hydrogen) atoms. The Morgan fingerprint density at radius 2 is 2.35 bits per heavy atom. The van der Waals surface area contributed by atoms with E-state index in [9.17, 15) is 4.79 Å². The second-order valence-corrected chi connectivity index (χ2v) is 6.37. The smallest absolute Gasteiger partial charge is 0.271 e. The zero-order valence-electron chi connectivity index (χ0n) is 12.3. The number of nitrogens with one attached hydrogen (secondary N) is 1. The number of nitrogens with two attached hydrogens (primary N) is 1. The normalized spacial score (nSPS) is 29.6. The number of hydrogen-bond acceptors (Lipinski definition) is 3. The standard InChI is InChI=1S/C15H24N4O/c1-3-19-14(13(16)8-17-19)15(20)18-9(2)12-7-10-4-5-11(12)6-10/h8-12H,3-7,16H2,1-2H3,(H,18,20). The molecule has 1 amide bonds. The van der Waals surface area contributed by atoms with Crippen LogP contribution in [0.3, 0.4) is 0 Å². The lowest BCUT2D eigenvalue weighted by atomic mass is 9.84. The minimum absolute atomic E-state index is 0.0860. The van der Waals surface area contributed by atoms with Crippen LogP contribution in [0.1, 0.15) is 50.0 Å². The van der Waals surface area contributed by atoms with Crippen molar-refractivity contribution < 1.29 is 4.79 Å². The third-order valence-electron chi connectivity index (χ3n) is 5.18. The monoisotopic (exact) mass is 276 g/mol. The van der Waals surface area contributed by atoms with Crippen LogP contribution in [0, 0.1) is 17.8 Å². The Hall–Kier alpha value is -1.52. The van der Waals surface area contributed by atoms with Gasteiger partial charge in [-0.2, -0.15) is 5.10 Å². The first kappa shape index (κ1) is 13.5. The molecule has 0 aromatic carbocycles. The van der Waals surface area contributed by atoms with Crippen molar-refractivity contribution in [1.29, 1.82) is 0 Å². The number of carbonyl (C=O) groups excluding carboxylic acids is 1. The van der Waals surface area contributed by atoms with Crippen molar-refractivity contribution in [2.24, 2.45) is 17.8 Å². The molecule has 2 saturated carbocycles. The lowest BCUT2D eigenvalue weighted by molar-refractivity contribution is 0.0905. The number of carbonyl (C=O) groups is 1. The van der Waals surface area contributed by atoms with Gasteiger partial charge in [0.1, 0.15) is 5.69 Å². The molecule has 4 atom stereocenters. The van der Waals surface area contributed by atoms with E-state index in [-0.39, 0.29) is 11.9 Å². The fourth-order valence-corrected chi connectivity index (χ4v) is 4.18. The van der Waals surface area contributed by atoms with E-state index >= 15 is 0 Å². The Kier molecular flexibility index (Phi) is 3.44. The van der Waals surface area contributed by atoms with E-state index in [0.717, 1.165) is 11.8 Å². The van der Waals surface area contributed by atoms with Crippen molar-refractivity contribution >= 4 is 11.6 Å². The van der Waals surface area contributed by atoms with Crippen LogP contribution in [-0.4, -0.2) is 21.7 Å².